The van der Waals surface area contributed by atoms with Crippen LogP contribution in [-0.2, 0) is 0 Å². The Morgan fingerprint density at radius 3 is 2.00 bits per heavy atom. The summed E-state index contributed by atoms with van der Waals surface area (Å²) < 4.78 is 0.674. The van der Waals surface area contributed by atoms with E-state index in [0.29, 0.717) is 10.6 Å². The van der Waals surface area contributed by atoms with Gasteiger partial charge in [-0.3, -0.25) is 4.48 Å². The maximum atomic E-state index is 10.2. The van der Waals surface area contributed by atoms with Gasteiger partial charge in [0.2, 0.25) is 0 Å². The number of quaternary nitrogens is 1. The predicted octanol–water partition coefficient (Wildman–Crippen LogP) is 6.60. The summed E-state index contributed by atoms with van der Waals surface area (Å²) in [6.07, 6.45) is 27.6. The fraction of sp³-hybridized carbons (Fsp3) is 0.833. The molecule has 3 unspecified atom stereocenters. The molecular weight excluding hydrogens is 332 g/mol. The van der Waals surface area contributed by atoms with Crippen LogP contribution in [0, 0.1) is 0 Å². The molecule has 0 radical (unpaired) electrons. The molecule has 1 aliphatic heterocycles. The largest absolute Gasteiger partial charge is 0.345 e. The highest BCUT2D eigenvalue weighted by atomic mass is 16.3. The molecule has 27 heavy (non-hydrogen) atoms. The summed E-state index contributed by atoms with van der Waals surface area (Å²) in [6.45, 7) is 7.29. The molecule has 1 heterocycles. The standard InChI is InChI=1S/C24H47N2O/c1-4-6-7-8-9-10-11-12-13-14-15-16-17-18-19-20-24-25-21-22-26(24,5-2)23(3)27/h9-10,21-25,27H,4-8,11-20H2,1-3H3/q+1/b10-9+. The molecule has 1 aliphatic rings. The van der Waals surface area contributed by atoms with Gasteiger partial charge in [0, 0.05) is 13.3 Å². The minimum absolute atomic E-state index is 0.336. The van der Waals surface area contributed by atoms with E-state index < -0.39 is 0 Å². The number of aliphatic hydroxyl groups is 1. The topological polar surface area (TPSA) is 32.3 Å². The molecule has 0 bridgehead atoms. The Morgan fingerprint density at radius 1 is 0.889 bits per heavy atom. The molecule has 0 spiro atoms. The van der Waals surface area contributed by atoms with Crippen molar-refractivity contribution in [3.05, 3.63) is 24.6 Å². The number of allylic oxidation sites excluding steroid dienone is 2. The van der Waals surface area contributed by atoms with Crippen LogP contribution in [-0.4, -0.2) is 28.5 Å². The van der Waals surface area contributed by atoms with Gasteiger partial charge >= 0.3 is 0 Å². The second-order valence-corrected chi connectivity index (χ2v) is 8.31. The van der Waals surface area contributed by atoms with Crippen molar-refractivity contribution in [3.63, 3.8) is 0 Å². The molecule has 3 nitrogen and oxygen atoms in total. The first-order chi connectivity index (χ1) is 13.2. The molecule has 0 saturated heterocycles. The summed E-state index contributed by atoms with van der Waals surface area (Å²) >= 11 is 0. The van der Waals surface area contributed by atoms with E-state index in [1.165, 1.54) is 83.5 Å². The minimum atomic E-state index is -0.336. The van der Waals surface area contributed by atoms with Gasteiger partial charge in [0.05, 0.1) is 12.7 Å². The second-order valence-electron chi connectivity index (χ2n) is 8.31. The summed E-state index contributed by atoms with van der Waals surface area (Å²) in [6, 6.07) is 0. The fourth-order valence-corrected chi connectivity index (χ4v) is 4.24. The van der Waals surface area contributed by atoms with E-state index in [2.05, 4.69) is 37.5 Å². The number of aliphatic hydroxyl groups excluding tert-OH is 1. The van der Waals surface area contributed by atoms with E-state index in [-0.39, 0.29) is 6.23 Å². The number of nitrogens with one attached hydrogen (secondary N) is 1. The van der Waals surface area contributed by atoms with Gasteiger partial charge in [-0.25, -0.2) is 0 Å². The van der Waals surface area contributed by atoms with Crippen LogP contribution >= 0.6 is 0 Å². The highest BCUT2D eigenvalue weighted by Gasteiger charge is 2.40. The zero-order valence-corrected chi connectivity index (χ0v) is 18.5. The zero-order valence-electron chi connectivity index (χ0n) is 18.5. The van der Waals surface area contributed by atoms with Crippen molar-refractivity contribution in [1.29, 1.82) is 0 Å². The maximum Gasteiger partial charge on any atom is 0.193 e. The van der Waals surface area contributed by atoms with Crippen molar-refractivity contribution in [1.82, 2.24) is 5.32 Å². The molecule has 0 saturated carbocycles. The fourth-order valence-electron chi connectivity index (χ4n) is 4.24. The van der Waals surface area contributed by atoms with Crippen LogP contribution in [0.2, 0.25) is 0 Å². The molecular formula is C24H47N2O+. The lowest BCUT2D eigenvalue weighted by Gasteiger charge is -2.39. The smallest absolute Gasteiger partial charge is 0.193 e. The van der Waals surface area contributed by atoms with Crippen LogP contribution in [0.4, 0.5) is 0 Å². The van der Waals surface area contributed by atoms with Gasteiger partial charge in [0.15, 0.2) is 12.4 Å². The van der Waals surface area contributed by atoms with Crippen molar-refractivity contribution in [2.75, 3.05) is 6.54 Å². The highest BCUT2D eigenvalue weighted by Crippen LogP contribution is 2.25. The minimum Gasteiger partial charge on any atom is -0.345 e. The normalized spacial score (nSPS) is 23.2. The van der Waals surface area contributed by atoms with Gasteiger partial charge in [0.1, 0.15) is 6.20 Å². The summed E-state index contributed by atoms with van der Waals surface area (Å²) in [5, 5.41) is 13.6. The molecule has 3 atom stereocenters. The first kappa shape index (κ1) is 24.2. The number of rotatable bonds is 17. The van der Waals surface area contributed by atoms with Crippen molar-refractivity contribution >= 4 is 0 Å². The number of hydrogen-bond donors (Lipinski definition) is 2. The van der Waals surface area contributed by atoms with E-state index in [4.69, 9.17) is 0 Å². The third-order valence-electron chi connectivity index (χ3n) is 6.20. The second kappa shape index (κ2) is 15.2. The number of unbranched alkanes of at least 4 members (excludes halogenated alkanes) is 11. The number of hydrogen-bond acceptors (Lipinski definition) is 2. The first-order valence-electron chi connectivity index (χ1n) is 11.8. The van der Waals surface area contributed by atoms with Crippen LogP contribution in [0.5, 0.6) is 0 Å². The Labute approximate surface area is 169 Å². The van der Waals surface area contributed by atoms with Gasteiger partial charge in [-0.05, 0) is 39.0 Å². The summed E-state index contributed by atoms with van der Waals surface area (Å²) in [5.41, 5.74) is 0. The monoisotopic (exact) mass is 379 g/mol. The number of nitrogens with zero attached hydrogens (tertiary/aromatic N) is 1. The molecule has 0 fully saturated rings. The van der Waals surface area contributed by atoms with Gasteiger partial charge in [-0.2, -0.15) is 0 Å². The van der Waals surface area contributed by atoms with E-state index in [9.17, 15) is 5.11 Å². The summed E-state index contributed by atoms with van der Waals surface area (Å²) in [7, 11) is 0. The SMILES string of the molecule is CCCCC/C=C/CCCCCCCCCCC1NC=C[N+]1(CC)C(C)O. The molecule has 3 heteroatoms. The lowest BCUT2D eigenvalue weighted by atomic mass is 10.0. The van der Waals surface area contributed by atoms with E-state index in [1.54, 1.807) is 0 Å². The molecule has 0 aromatic rings. The van der Waals surface area contributed by atoms with Crippen LogP contribution in [0.15, 0.2) is 24.6 Å². The van der Waals surface area contributed by atoms with Gasteiger partial charge in [-0.15, -0.1) is 0 Å². The Balaban J connectivity index is 1.92. The zero-order chi connectivity index (χ0) is 19.8. The average molecular weight is 380 g/mol. The molecule has 0 aliphatic carbocycles. The molecule has 2 N–H and O–H groups in total. The van der Waals surface area contributed by atoms with Gasteiger partial charge < -0.3 is 10.4 Å². The van der Waals surface area contributed by atoms with Crippen molar-refractivity contribution in [3.8, 4) is 0 Å². The molecule has 0 amide bonds. The first-order valence-corrected chi connectivity index (χ1v) is 11.8. The Morgan fingerprint density at radius 2 is 1.44 bits per heavy atom. The summed E-state index contributed by atoms with van der Waals surface area (Å²) in [4.78, 5) is 0. The molecule has 0 aromatic heterocycles. The van der Waals surface area contributed by atoms with Crippen LogP contribution in [0.3, 0.4) is 0 Å². The average Bonchev–Trinajstić information content (AvgIpc) is 3.09. The van der Waals surface area contributed by atoms with Crippen LogP contribution in [0.1, 0.15) is 111 Å². The van der Waals surface area contributed by atoms with Crippen LogP contribution < -0.4 is 5.32 Å². The maximum absolute atomic E-state index is 10.2. The third kappa shape index (κ3) is 9.30. The van der Waals surface area contributed by atoms with Gasteiger partial charge in [-0.1, -0.05) is 70.4 Å². The lowest BCUT2D eigenvalue weighted by molar-refractivity contribution is -0.942. The van der Waals surface area contributed by atoms with E-state index in [0.717, 1.165) is 13.0 Å². The van der Waals surface area contributed by atoms with E-state index >= 15 is 0 Å². The Bertz CT molecular complexity index is 405. The molecule has 1 rings (SSSR count). The summed E-state index contributed by atoms with van der Waals surface area (Å²) in [5.74, 6) is 0. The van der Waals surface area contributed by atoms with Crippen molar-refractivity contribution in [2.24, 2.45) is 0 Å². The molecule has 158 valence electrons. The van der Waals surface area contributed by atoms with Crippen molar-refractivity contribution < 1.29 is 9.59 Å². The predicted molar refractivity (Wildman–Crippen MR) is 118 cm³/mol. The molecule has 0 aromatic carbocycles. The quantitative estimate of drug-likeness (QED) is 0.169. The highest BCUT2D eigenvalue weighted by molar-refractivity contribution is 4.84. The van der Waals surface area contributed by atoms with Crippen molar-refractivity contribution in [2.45, 2.75) is 123 Å². The Hall–Kier alpha value is -0.800. The third-order valence-corrected chi connectivity index (χ3v) is 6.20. The lowest BCUT2D eigenvalue weighted by Crippen LogP contribution is -2.57. The van der Waals surface area contributed by atoms with Gasteiger partial charge in [0.25, 0.3) is 0 Å². The van der Waals surface area contributed by atoms with Crippen LogP contribution in [0.25, 0.3) is 0 Å². The Kier molecular flexibility index (Phi) is 13.6. The van der Waals surface area contributed by atoms with E-state index in [1.807, 2.05) is 13.1 Å².